The second-order valence-corrected chi connectivity index (χ2v) is 1.44. The van der Waals surface area contributed by atoms with Crippen molar-refractivity contribution >= 4 is 5.97 Å². The Hall–Kier alpha value is -1.25. The summed E-state index contributed by atoms with van der Waals surface area (Å²) in [5, 5.41) is 15.4. The van der Waals surface area contributed by atoms with Gasteiger partial charge in [0, 0.05) is 0 Å². The Morgan fingerprint density at radius 3 is 2.00 bits per heavy atom. The minimum Gasteiger partial charge on any atom is -0.480 e. The van der Waals surface area contributed by atoms with E-state index in [1.807, 2.05) is 0 Å². The van der Waals surface area contributed by atoms with Gasteiger partial charge in [-0.25, -0.2) is 0 Å². The van der Waals surface area contributed by atoms with Crippen LogP contribution in [0.5, 0.6) is 0 Å². The Morgan fingerprint density at radius 2 is 2.00 bits per heavy atom. The number of nitrogens with zero attached hydrogens (tertiary/aromatic N) is 1. The number of carbonyl (C=O) groups is 1. The fraction of sp³-hybridized carbons (Fsp3) is 0.500. The van der Waals surface area contributed by atoms with Crippen molar-refractivity contribution in [2.75, 3.05) is 0 Å². The number of halogens is 3. The summed E-state index contributed by atoms with van der Waals surface area (Å²) in [6, 6.07) is 0.617. The third kappa shape index (κ3) is 1.93. The van der Waals surface area contributed by atoms with Gasteiger partial charge >= 0.3 is 12.1 Å². The molecule has 1 atom stereocenters. The molecule has 56 valence electrons. The molecular weight excluding hydrogens is 151 g/mol. The van der Waals surface area contributed by atoms with Crippen molar-refractivity contribution in [1.29, 1.82) is 5.26 Å². The standard InChI is InChI=1S/C4H2F3NO2/c5-4(6,7)2(1-8)3(9)10/h2H,(H,9,10). The van der Waals surface area contributed by atoms with Gasteiger partial charge in [-0.2, -0.15) is 18.4 Å². The Kier molecular flexibility index (Phi) is 2.24. The molecule has 0 amide bonds. The molecule has 0 aliphatic rings. The lowest BCUT2D eigenvalue weighted by Gasteiger charge is -2.06. The van der Waals surface area contributed by atoms with Gasteiger partial charge in [-0.05, 0) is 0 Å². The van der Waals surface area contributed by atoms with E-state index in [2.05, 4.69) is 0 Å². The lowest BCUT2D eigenvalue weighted by molar-refractivity contribution is -0.182. The van der Waals surface area contributed by atoms with Gasteiger partial charge in [-0.15, -0.1) is 0 Å². The molecule has 0 aromatic carbocycles. The van der Waals surface area contributed by atoms with Crippen LogP contribution < -0.4 is 0 Å². The van der Waals surface area contributed by atoms with Gasteiger partial charge in [-0.3, -0.25) is 4.79 Å². The van der Waals surface area contributed by atoms with Crippen molar-refractivity contribution in [3.05, 3.63) is 0 Å². The first kappa shape index (κ1) is 8.75. The summed E-state index contributed by atoms with van der Waals surface area (Å²) < 4.78 is 34.1. The smallest absolute Gasteiger partial charge is 0.415 e. The monoisotopic (exact) mass is 153 g/mol. The molecule has 0 aromatic rings. The largest absolute Gasteiger partial charge is 0.480 e. The first-order valence-corrected chi connectivity index (χ1v) is 2.08. The predicted molar refractivity (Wildman–Crippen MR) is 22.8 cm³/mol. The fourth-order valence-electron chi connectivity index (χ4n) is 0.268. The molecule has 0 rings (SSSR count). The Morgan fingerprint density at radius 1 is 1.60 bits per heavy atom. The molecule has 0 aromatic heterocycles. The molecule has 10 heavy (non-hydrogen) atoms. The van der Waals surface area contributed by atoms with Gasteiger partial charge in [0.25, 0.3) is 0 Å². The average molecular weight is 153 g/mol. The fourth-order valence-corrected chi connectivity index (χ4v) is 0.268. The highest BCUT2D eigenvalue weighted by Gasteiger charge is 2.45. The van der Waals surface area contributed by atoms with E-state index >= 15 is 0 Å². The Bertz CT molecular complexity index is 180. The van der Waals surface area contributed by atoms with Crippen LogP contribution in [-0.4, -0.2) is 17.3 Å². The van der Waals surface area contributed by atoms with Gasteiger partial charge < -0.3 is 5.11 Å². The van der Waals surface area contributed by atoms with Gasteiger partial charge in [0.2, 0.25) is 5.92 Å². The zero-order chi connectivity index (χ0) is 8.36. The summed E-state index contributed by atoms with van der Waals surface area (Å²) in [4.78, 5) is 9.63. The second kappa shape index (κ2) is 2.56. The summed E-state index contributed by atoms with van der Waals surface area (Å²) in [6.07, 6.45) is -4.97. The van der Waals surface area contributed by atoms with E-state index in [0.29, 0.717) is 6.07 Å². The minimum absolute atomic E-state index is 0.617. The van der Waals surface area contributed by atoms with Crippen molar-refractivity contribution in [2.45, 2.75) is 6.18 Å². The number of carboxylic acids is 1. The SMILES string of the molecule is N#CC(C(=O)O)C(F)(F)F. The quantitative estimate of drug-likeness (QED) is 0.605. The highest BCUT2D eigenvalue weighted by atomic mass is 19.4. The van der Waals surface area contributed by atoms with Crippen molar-refractivity contribution in [3.63, 3.8) is 0 Å². The number of aliphatic carboxylic acids is 1. The molecule has 0 radical (unpaired) electrons. The van der Waals surface area contributed by atoms with Gasteiger partial charge in [0.1, 0.15) is 0 Å². The minimum atomic E-state index is -4.97. The van der Waals surface area contributed by atoms with E-state index in [9.17, 15) is 18.0 Å². The van der Waals surface area contributed by atoms with Crippen LogP contribution in [0.25, 0.3) is 0 Å². The van der Waals surface area contributed by atoms with Crippen LogP contribution >= 0.6 is 0 Å². The van der Waals surface area contributed by atoms with Crippen molar-refractivity contribution in [3.8, 4) is 6.07 Å². The maximum absolute atomic E-state index is 11.4. The van der Waals surface area contributed by atoms with E-state index in [1.54, 1.807) is 0 Å². The second-order valence-electron chi connectivity index (χ2n) is 1.44. The van der Waals surface area contributed by atoms with Crippen LogP contribution in [0.2, 0.25) is 0 Å². The molecule has 6 heteroatoms. The number of hydrogen-bond acceptors (Lipinski definition) is 2. The Balaban J connectivity index is 4.42. The first-order valence-electron chi connectivity index (χ1n) is 2.08. The predicted octanol–water partition coefficient (Wildman–Crippen LogP) is 0.773. The first-order chi connectivity index (χ1) is 4.39. The molecule has 1 unspecified atom stereocenters. The third-order valence-electron chi connectivity index (χ3n) is 0.703. The molecule has 0 aliphatic heterocycles. The van der Waals surface area contributed by atoms with Gasteiger partial charge in [0.05, 0.1) is 6.07 Å². The molecule has 0 fully saturated rings. The molecule has 0 heterocycles. The summed E-state index contributed by atoms with van der Waals surface area (Å²) in [5.41, 5.74) is 0. The zero-order valence-corrected chi connectivity index (χ0v) is 4.51. The Labute approximate surface area is 53.7 Å². The highest BCUT2D eigenvalue weighted by molar-refractivity contribution is 5.73. The number of nitriles is 1. The number of carboxylic acid groups (broad SMARTS) is 1. The molecule has 3 nitrogen and oxygen atoms in total. The van der Waals surface area contributed by atoms with E-state index in [0.717, 1.165) is 0 Å². The molecule has 0 aliphatic carbocycles. The molecule has 1 N–H and O–H groups in total. The maximum Gasteiger partial charge on any atom is 0.415 e. The summed E-state index contributed by atoms with van der Waals surface area (Å²) in [5.74, 6) is -5.08. The molecule has 0 saturated carbocycles. The average Bonchev–Trinajstić information content (AvgIpc) is 1.60. The third-order valence-corrected chi connectivity index (χ3v) is 0.703. The van der Waals surface area contributed by atoms with E-state index < -0.39 is 18.1 Å². The molecule has 0 saturated heterocycles. The topological polar surface area (TPSA) is 61.1 Å². The molecule has 0 bridgehead atoms. The lowest BCUT2D eigenvalue weighted by atomic mass is 10.2. The number of alkyl halides is 3. The molecule has 0 spiro atoms. The summed E-state index contributed by atoms with van der Waals surface area (Å²) >= 11 is 0. The normalized spacial score (nSPS) is 13.8. The van der Waals surface area contributed by atoms with Crippen LogP contribution in [-0.2, 0) is 4.79 Å². The van der Waals surface area contributed by atoms with Crippen molar-refractivity contribution in [1.82, 2.24) is 0 Å². The maximum atomic E-state index is 11.4. The summed E-state index contributed by atoms with van der Waals surface area (Å²) in [6.45, 7) is 0. The van der Waals surface area contributed by atoms with Gasteiger partial charge in [0.15, 0.2) is 0 Å². The zero-order valence-electron chi connectivity index (χ0n) is 4.51. The molecular formula is C4H2F3NO2. The van der Waals surface area contributed by atoms with Crippen LogP contribution in [0.15, 0.2) is 0 Å². The lowest BCUT2D eigenvalue weighted by Crippen LogP contribution is -2.28. The van der Waals surface area contributed by atoms with E-state index in [1.165, 1.54) is 0 Å². The van der Waals surface area contributed by atoms with E-state index in [4.69, 9.17) is 10.4 Å². The van der Waals surface area contributed by atoms with Crippen LogP contribution in [0.1, 0.15) is 0 Å². The summed E-state index contributed by atoms with van der Waals surface area (Å²) in [7, 11) is 0. The van der Waals surface area contributed by atoms with Crippen LogP contribution in [0, 0.1) is 17.2 Å². The van der Waals surface area contributed by atoms with Gasteiger partial charge in [-0.1, -0.05) is 0 Å². The van der Waals surface area contributed by atoms with Crippen molar-refractivity contribution in [2.24, 2.45) is 5.92 Å². The van der Waals surface area contributed by atoms with Crippen LogP contribution in [0.3, 0.4) is 0 Å². The number of hydrogen-bond donors (Lipinski definition) is 1. The van der Waals surface area contributed by atoms with Crippen molar-refractivity contribution < 1.29 is 23.1 Å². The highest BCUT2D eigenvalue weighted by Crippen LogP contribution is 2.25. The van der Waals surface area contributed by atoms with Crippen LogP contribution in [0.4, 0.5) is 13.2 Å². The number of rotatable bonds is 1. The van der Waals surface area contributed by atoms with E-state index in [-0.39, 0.29) is 0 Å².